The van der Waals surface area contributed by atoms with Crippen molar-refractivity contribution in [3.63, 3.8) is 0 Å². The molecule has 0 N–H and O–H groups in total. The van der Waals surface area contributed by atoms with Gasteiger partial charge < -0.3 is 0 Å². The summed E-state index contributed by atoms with van der Waals surface area (Å²) in [5, 5.41) is 9.72. The highest BCUT2D eigenvalue weighted by Gasteiger charge is 2.05. The van der Waals surface area contributed by atoms with Crippen molar-refractivity contribution in [2.24, 2.45) is 0 Å². The molecule has 3 rings (SSSR count). The van der Waals surface area contributed by atoms with Gasteiger partial charge in [-0.05, 0) is 32.0 Å². The predicted molar refractivity (Wildman–Crippen MR) is 83.8 cm³/mol. The maximum absolute atomic E-state index is 4.48. The van der Waals surface area contributed by atoms with Gasteiger partial charge in [0.2, 0.25) is 5.16 Å². The second kappa shape index (κ2) is 6.13. The lowest BCUT2D eigenvalue weighted by Crippen LogP contribution is -2.04. The second-order valence-corrected chi connectivity index (χ2v) is 5.87. The Balaban J connectivity index is 1.59. The summed E-state index contributed by atoms with van der Waals surface area (Å²) >= 11 is 1.64. The molecule has 0 radical (unpaired) electrons. The molecule has 6 heteroatoms. The lowest BCUT2D eigenvalue weighted by Gasteiger charge is -2.02. The van der Waals surface area contributed by atoms with E-state index in [1.165, 1.54) is 5.69 Å². The summed E-state index contributed by atoms with van der Waals surface area (Å²) in [5.74, 6) is 0.904. The van der Waals surface area contributed by atoms with E-state index in [-0.39, 0.29) is 0 Å². The summed E-state index contributed by atoms with van der Waals surface area (Å²) in [7, 11) is 0. The fourth-order valence-electron chi connectivity index (χ4n) is 2.14. The predicted octanol–water partition coefficient (Wildman–Crippen LogP) is 2.87. The summed E-state index contributed by atoms with van der Waals surface area (Å²) in [4.78, 5) is 4.34. The fourth-order valence-corrected chi connectivity index (χ4v) is 2.86. The third-order valence-electron chi connectivity index (χ3n) is 3.13. The van der Waals surface area contributed by atoms with Crippen molar-refractivity contribution in [2.75, 3.05) is 5.75 Å². The number of para-hydroxylation sites is 1. The van der Waals surface area contributed by atoms with Gasteiger partial charge in [-0.3, -0.25) is 4.68 Å². The molecule has 0 amide bonds. The van der Waals surface area contributed by atoms with Crippen LogP contribution >= 0.6 is 11.8 Å². The van der Waals surface area contributed by atoms with Gasteiger partial charge in [0.05, 0.1) is 17.9 Å². The smallest absolute Gasteiger partial charge is 0.208 e. The Bertz CT molecular complexity index is 717. The van der Waals surface area contributed by atoms with Crippen LogP contribution in [-0.2, 0) is 6.54 Å². The molecule has 21 heavy (non-hydrogen) atoms. The Kier molecular flexibility index (Phi) is 4.06. The number of hydrogen-bond acceptors (Lipinski definition) is 4. The molecule has 0 aliphatic rings. The largest absolute Gasteiger partial charge is 0.269 e. The SMILES string of the molecule is Cc1cc(C)n(CCSc2ncn(-c3ccccc3)n2)n1. The van der Waals surface area contributed by atoms with Crippen LogP contribution in [0.2, 0.25) is 0 Å². The molecular formula is C15H17N5S. The maximum atomic E-state index is 4.48. The van der Waals surface area contributed by atoms with Crippen molar-refractivity contribution < 1.29 is 0 Å². The first-order valence-corrected chi connectivity index (χ1v) is 7.82. The van der Waals surface area contributed by atoms with E-state index in [9.17, 15) is 0 Å². The zero-order chi connectivity index (χ0) is 14.7. The van der Waals surface area contributed by atoms with Crippen LogP contribution in [0.3, 0.4) is 0 Å². The maximum Gasteiger partial charge on any atom is 0.208 e. The number of nitrogens with zero attached hydrogens (tertiary/aromatic N) is 5. The molecular weight excluding hydrogens is 282 g/mol. The normalized spacial score (nSPS) is 11.0. The van der Waals surface area contributed by atoms with Gasteiger partial charge in [0.15, 0.2) is 0 Å². The van der Waals surface area contributed by atoms with Gasteiger partial charge in [0.1, 0.15) is 6.33 Å². The minimum Gasteiger partial charge on any atom is -0.269 e. The van der Waals surface area contributed by atoms with Crippen LogP contribution in [0.25, 0.3) is 5.69 Å². The van der Waals surface area contributed by atoms with Crippen LogP contribution in [0.15, 0.2) is 47.9 Å². The molecule has 0 bridgehead atoms. The van der Waals surface area contributed by atoms with E-state index >= 15 is 0 Å². The van der Waals surface area contributed by atoms with Crippen LogP contribution in [0.4, 0.5) is 0 Å². The first-order valence-electron chi connectivity index (χ1n) is 6.83. The number of thioether (sulfide) groups is 1. The average molecular weight is 299 g/mol. The number of aryl methyl sites for hydroxylation is 3. The third-order valence-corrected chi connectivity index (χ3v) is 3.96. The first kappa shape index (κ1) is 13.9. The van der Waals surface area contributed by atoms with Gasteiger partial charge in [-0.15, -0.1) is 5.10 Å². The Morgan fingerprint density at radius 2 is 1.90 bits per heavy atom. The molecule has 1 aromatic carbocycles. The lowest BCUT2D eigenvalue weighted by atomic mass is 10.3. The van der Waals surface area contributed by atoms with E-state index < -0.39 is 0 Å². The highest BCUT2D eigenvalue weighted by atomic mass is 32.2. The molecule has 0 aliphatic heterocycles. The van der Waals surface area contributed by atoms with E-state index in [0.29, 0.717) is 0 Å². The number of rotatable bonds is 5. The van der Waals surface area contributed by atoms with Gasteiger partial charge in [-0.1, -0.05) is 30.0 Å². The second-order valence-electron chi connectivity index (χ2n) is 4.81. The molecule has 0 unspecified atom stereocenters. The Labute approximate surface area is 128 Å². The van der Waals surface area contributed by atoms with Crippen molar-refractivity contribution in [3.8, 4) is 5.69 Å². The quantitative estimate of drug-likeness (QED) is 0.680. The van der Waals surface area contributed by atoms with E-state index in [1.807, 2.05) is 41.9 Å². The van der Waals surface area contributed by atoms with Gasteiger partial charge >= 0.3 is 0 Å². The van der Waals surface area contributed by atoms with Crippen molar-refractivity contribution in [3.05, 3.63) is 54.1 Å². The fraction of sp³-hybridized carbons (Fsp3) is 0.267. The van der Waals surface area contributed by atoms with Crippen LogP contribution < -0.4 is 0 Å². The van der Waals surface area contributed by atoms with E-state index in [2.05, 4.69) is 28.2 Å². The van der Waals surface area contributed by atoms with Crippen molar-refractivity contribution in [2.45, 2.75) is 25.5 Å². The number of aromatic nitrogens is 5. The molecule has 0 saturated heterocycles. The van der Waals surface area contributed by atoms with Crippen molar-refractivity contribution in [1.29, 1.82) is 0 Å². The minimum atomic E-state index is 0.792. The summed E-state index contributed by atoms with van der Waals surface area (Å²) in [5.41, 5.74) is 3.27. The Morgan fingerprint density at radius 1 is 1.10 bits per heavy atom. The minimum absolute atomic E-state index is 0.792. The van der Waals surface area contributed by atoms with Crippen LogP contribution in [-0.4, -0.2) is 30.3 Å². The van der Waals surface area contributed by atoms with Crippen molar-refractivity contribution >= 4 is 11.8 Å². The third kappa shape index (κ3) is 3.33. The number of hydrogen-bond donors (Lipinski definition) is 0. The van der Waals surface area contributed by atoms with Crippen molar-refractivity contribution in [1.82, 2.24) is 24.5 Å². The van der Waals surface area contributed by atoms with E-state index in [1.54, 1.807) is 22.8 Å². The molecule has 0 spiro atoms. The molecule has 0 fully saturated rings. The van der Waals surface area contributed by atoms with Gasteiger partial charge in [-0.2, -0.15) is 5.10 Å². The van der Waals surface area contributed by atoms with Gasteiger partial charge in [-0.25, -0.2) is 9.67 Å². The highest BCUT2D eigenvalue weighted by Crippen LogP contribution is 2.15. The summed E-state index contributed by atoms with van der Waals surface area (Å²) in [6.07, 6.45) is 1.75. The highest BCUT2D eigenvalue weighted by molar-refractivity contribution is 7.99. The molecule has 3 aromatic rings. The van der Waals surface area contributed by atoms with E-state index in [0.717, 1.165) is 28.8 Å². The zero-order valence-electron chi connectivity index (χ0n) is 12.1. The molecule has 0 atom stereocenters. The molecule has 0 saturated carbocycles. The number of benzene rings is 1. The van der Waals surface area contributed by atoms with Gasteiger partial charge in [0, 0.05) is 11.4 Å². The van der Waals surface area contributed by atoms with Crippen LogP contribution in [0, 0.1) is 13.8 Å². The standard InChI is InChI=1S/C15H17N5S/c1-12-10-13(2)19(17-12)8-9-21-15-16-11-20(18-15)14-6-4-3-5-7-14/h3-7,10-11H,8-9H2,1-2H3. The molecule has 2 heterocycles. The molecule has 108 valence electrons. The monoisotopic (exact) mass is 299 g/mol. The van der Waals surface area contributed by atoms with Crippen LogP contribution in [0.1, 0.15) is 11.4 Å². The first-order chi connectivity index (χ1) is 10.2. The summed E-state index contributed by atoms with van der Waals surface area (Å²) in [6, 6.07) is 12.1. The summed E-state index contributed by atoms with van der Waals surface area (Å²) < 4.78 is 3.82. The zero-order valence-corrected chi connectivity index (χ0v) is 12.9. The Morgan fingerprint density at radius 3 is 2.62 bits per heavy atom. The van der Waals surface area contributed by atoms with Crippen LogP contribution in [0.5, 0.6) is 0 Å². The summed E-state index contributed by atoms with van der Waals surface area (Å²) in [6.45, 7) is 4.96. The molecule has 0 aliphatic carbocycles. The average Bonchev–Trinajstić information content (AvgIpc) is 3.07. The topological polar surface area (TPSA) is 48.5 Å². The molecule has 5 nitrogen and oxygen atoms in total. The Hall–Kier alpha value is -2.08. The lowest BCUT2D eigenvalue weighted by molar-refractivity contribution is 0.640. The van der Waals surface area contributed by atoms with E-state index in [4.69, 9.17) is 0 Å². The van der Waals surface area contributed by atoms with Gasteiger partial charge in [0.25, 0.3) is 0 Å². The molecule has 2 aromatic heterocycles.